The summed E-state index contributed by atoms with van der Waals surface area (Å²) in [4.78, 5) is 0. The van der Waals surface area contributed by atoms with Crippen molar-refractivity contribution in [2.45, 2.75) is 52.9 Å². The minimum Gasteiger partial charge on any atom is -0.330 e. The maximum Gasteiger partial charge on any atom is 0.0440 e. The Kier molecular flexibility index (Phi) is 5.14. The van der Waals surface area contributed by atoms with Gasteiger partial charge in [0.15, 0.2) is 0 Å². The third-order valence-corrected chi connectivity index (χ3v) is 5.59. The first kappa shape index (κ1) is 15.9. The maximum absolute atomic E-state index is 6.41. The van der Waals surface area contributed by atoms with Gasteiger partial charge in [-0.25, -0.2) is 0 Å². The van der Waals surface area contributed by atoms with Crippen LogP contribution < -0.4 is 5.73 Å². The van der Waals surface area contributed by atoms with E-state index in [1.807, 2.05) is 0 Å². The molecule has 1 aliphatic rings. The Bertz CT molecular complexity index is 445. The molecule has 0 radical (unpaired) electrons. The predicted molar refractivity (Wildman–Crippen MR) is 88.2 cm³/mol. The molecule has 0 spiro atoms. The van der Waals surface area contributed by atoms with Crippen LogP contribution in [0.15, 0.2) is 18.2 Å². The van der Waals surface area contributed by atoms with E-state index in [1.165, 1.54) is 36.8 Å². The smallest absolute Gasteiger partial charge is 0.0440 e. The summed E-state index contributed by atoms with van der Waals surface area (Å²) in [6.45, 7) is 7.55. The molecule has 0 bridgehead atoms. The quantitative estimate of drug-likeness (QED) is 0.832. The van der Waals surface area contributed by atoms with Crippen LogP contribution in [0.2, 0.25) is 5.02 Å². The van der Waals surface area contributed by atoms with Crippen LogP contribution in [0, 0.1) is 24.2 Å². The Labute approximate surface area is 128 Å². The summed E-state index contributed by atoms with van der Waals surface area (Å²) in [5, 5.41) is 0.906. The fourth-order valence-electron chi connectivity index (χ4n) is 3.57. The molecule has 0 aromatic heterocycles. The van der Waals surface area contributed by atoms with Crippen molar-refractivity contribution < 1.29 is 0 Å². The van der Waals surface area contributed by atoms with Crippen LogP contribution in [0.4, 0.5) is 0 Å². The third kappa shape index (κ3) is 3.56. The largest absolute Gasteiger partial charge is 0.330 e. The van der Waals surface area contributed by atoms with E-state index in [4.69, 9.17) is 17.3 Å². The summed E-state index contributed by atoms with van der Waals surface area (Å²) in [6, 6.07) is 6.41. The lowest BCUT2D eigenvalue weighted by Gasteiger charge is -2.41. The Hall–Kier alpha value is -0.530. The Morgan fingerprint density at radius 1 is 1.30 bits per heavy atom. The lowest BCUT2D eigenvalue weighted by Crippen LogP contribution is -2.37. The zero-order valence-corrected chi connectivity index (χ0v) is 13.8. The molecule has 0 heterocycles. The maximum atomic E-state index is 6.41. The van der Waals surface area contributed by atoms with Gasteiger partial charge in [-0.3, -0.25) is 0 Å². The summed E-state index contributed by atoms with van der Waals surface area (Å²) in [5.41, 5.74) is 8.91. The van der Waals surface area contributed by atoms with Crippen LogP contribution >= 0.6 is 11.6 Å². The second kappa shape index (κ2) is 6.49. The van der Waals surface area contributed by atoms with Gasteiger partial charge in [-0.2, -0.15) is 0 Å². The van der Waals surface area contributed by atoms with E-state index >= 15 is 0 Å². The van der Waals surface area contributed by atoms with Crippen LogP contribution in [0.3, 0.4) is 0 Å². The monoisotopic (exact) mass is 293 g/mol. The van der Waals surface area contributed by atoms with Crippen LogP contribution in [-0.2, 0) is 6.42 Å². The molecule has 0 saturated heterocycles. The zero-order valence-electron chi connectivity index (χ0n) is 13.1. The summed E-state index contributed by atoms with van der Waals surface area (Å²) < 4.78 is 0. The zero-order chi connectivity index (χ0) is 14.8. The molecule has 1 aromatic rings. The van der Waals surface area contributed by atoms with E-state index in [1.54, 1.807) is 0 Å². The van der Waals surface area contributed by atoms with Crippen molar-refractivity contribution in [2.75, 3.05) is 6.54 Å². The molecule has 112 valence electrons. The van der Waals surface area contributed by atoms with E-state index in [9.17, 15) is 0 Å². The number of rotatable bonds is 4. The molecule has 2 rings (SSSR count). The molecule has 0 amide bonds. The fraction of sp³-hybridized carbons (Fsp3) is 0.667. The highest BCUT2D eigenvalue weighted by molar-refractivity contribution is 6.31. The van der Waals surface area contributed by atoms with Gasteiger partial charge in [-0.15, -0.1) is 0 Å². The molecule has 1 fully saturated rings. The van der Waals surface area contributed by atoms with Crippen molar-refractivity contribution in [3.63, 3.8) is 0 Å². The minimum atomic E-state index is 0.268. The normalized spacial score (nSPS) is 27.0. The van der Waals surface area contributed by atoms with Gasteiger partial charge in [0.25, 0.3) is 0 Å². The Morgan fingerprint density at radius 3 is 2.45 bits per heavy atom. The standard InChI is InChI=1S/C18H28ClN/c1-13(2)15-6-8-18(12-20,9-7-15)11-16-5-4-14(3)10-17(16)19/h4-5,10,13,15H,6-9,11-12,20H2,1-3H3. The summed E-state index contributed by atoms with van der Waals surface area (Å²) in [6.07, 6.45) is 6.16. The number of hydrogen-bond donors (Lipinski definition) is 1. The first-order valence-corrected chi connectivity index (χ1v) is 8.29. The molecule has 1 saturated carbocycles. The number of benzene rings is 1. The van der Waals surface area contributed by atoms with Gasteiger partial charge < -0.3 is 5.73 Å². The SMILES string of the molecule is Cc1ccc(CC2(CN)CCC(C(C)C)CC2)c(Cl)c1. The number of aryl methyl sites for hydroxylation is 1. The molecule has 20 heavy (non-hydrogen) atoms. The fourth-order valence-corrected chi connectivity index (χ4v) is 3.87. The molecule has 2 heteroatoms. The highest BCUT2D eigenvalue weighted by Crippen LogP contribution is 2.43. The molecule has 1 aromatic carbocycles. The van der Waals surface area contributed by atoms with Gasteiger partial charge in [-0.05, 0) is 80.0 Å². The number of hydrogen-bond acceptors (Lipinski definition) is 1. The molecule has 0 aliphatic heterocycles. The van der Waals surface area contributed by atoms with E-state index in [0.29, 0.717) is 0 Å². The molecular formula is C18H28ClN. The highest BCUT2D eigenvalue weighted by atomic mass is 35.5. The van der Waals surface area contributed by atoms with E-state index < -0.39 is 0 Å². The van der Waals surface area contributed by atoms with E-state index in [-0.39, 0.29) is 5.41 Å². The van der Waals surface area contributed by atoms with Crippen LogP contribution in [-0.4, -0.2) is 6.54 Å². The van der Waals surface area contributed by atoms with Gasteiger partial charge in [-0.1, -0.05) is 37.6 Å². The lowest BCUT2D eigenvalue weighted by atomic mass is 9.65. The van der Waals surface area contributed by atoms with Crippen LogP contribution in [0.5, 0.6) is 0 Å². The lowest BCUT2D eigenvalue weighted by molar-refractivity contribution is 0.132. The summed E-state index contributed by atoms with van der Waals surface area (Å²) >= 11 is 6.41. The van der Waals surface area contributed by atoms with Gasteiger partial charge >= 0.3 is 0 Å². The molecule has 1 nitrogen and oxygen atoms in total. The summed E-state index contributed by atoms with van der Waals surface area (Å²) in [7, 11) is 0. The van der Waals surface area contributed by atoms with Crippen molar-refractivity contribution in [2.24, 2.45) is 23.0 Å². The second-order valence-electron chi connectivity index (χ2n) is 7.06. The van der Waals surface area contributed by atoms with Crippen molar-refractivity contribution >= 4 is 11.6 Å². The molecule has 0 unspecified atom stereocenters. The average Bonchev–Trinajstić information content (AvgIpc) is 2.42. The van der Waals surface area contributed by atoms with Crippen molar-refractivity contribution in [3.05, 3.63) is 34.3 Å². The Balaban J connectivity index is 2.09. The van der Waals surface area contributed by atoms with Gasteiger partial charge in [0.2, 0.25) is 0 Å². The van der Waals surface area contributed by atoms with Crippen molar-refractivity contribution in [1.82, 2.24) is 0 Å². The molecule has 1 aliphatic carbocycles. The molecule has 0 atom stereocenters. The first-order valence-electron chi connectivity index (χ1n) is 7.91. The molecule has 2 N–H and O–H groups in total. The number of nitrogens with two attached hydrogens (primary N) is 1. The topological polar surface area (TPSA) is 26.0 Å². The van der Waals surface area contributed by atoms with Crippen LogP contribution in [0.1, 0.15) is 50.7 Å². The van der Waals surface area contributed by atoms with Crippen LogP contribution in [0.25, 0.3) is 0 Å². The Morgan fingerprint density at radius 2 is 1.95 bits per heavy atom. The number of halogens is 1. The van der Waals surface area contributed by atoms with Gasteiger partial charge in [0, 0.05) is 5.02 Å². The average molecular weight is 294 g/mol. The van der Waals surface area contributed by atoms with Gasteiger partial charge in [0.1, 0.15) is 0 Å². The predicted octanol–water partition coefficient (Wildman–Crippen LogP) is 4.98. The van der Waals surface area contributed by atoms with Gasteiger partial charge in [0.05, 0.1) is 0 Å². The van der Waals surface area contributed by atoms with E-state index in [0.717, 1.165) is 29.8 Å². The second-order valence-corrected chi connectivity index (χ2v) is 7.46. The third-order valence-electron chi connectivity index (χ3n) is 5.24. The van der Waals surface area contributed by atoms with E-state index in [2.05, 4.69) is 39.0 Å². The van der Waals surface area contributed by atoms with Crippen molar-refractivity contribution in [3.8, 4) is 0 Å². The first-order chi connectivity index (χ1) is 9.46. The minimum absolute atomic E-state index is 0.268. The molecular weight excluding hydrogens is 266 g/mol. The summed E-state index contributed by atoms with van der Waals surface area (Å²) in [5.74, 6) is 1.68. The van der Waals surface area contributed by atoms with Crippen molar-refractivity contribution in [1.29, 1.82) is 0 Å². The highest BCUT2D eigenvalue weighted by Gasteiger charge is 2.35.